The first kappa shape index (κ1) is 21.4. The Bertz CT molecular complexity index is 1370. The van der Waals surface area contributed by atoms with E-state index in [1.165, 1.54) is 18.2 Å². The van der Waals surface area contributed by atoms with Crippen LogP contribution in [0.1, 0.15) is 43.5 Å². The third-order valence-corrected chi connectivity index (χ3v) is 7.51. The highest BCUT2D eigenvalue weighted by atomic mass is 19.4. The average molecular weight is 469 g/mol. The van der Waals surface area contributed by atoms with Crippen LogP contribution in [0, 0.1) is 23.6 Å². The summed E-state index contributed by atoms with van der Waals surface area (Å²) >= 11 is 0. The summed E-state index contributed by atoms with van der Waals surface area (Å²) in [5, 5.41) is 0.673. The molecule has 3 unspecified atom stereocenters. The van der Waals surface area contributed by atoms with Crippen LogP contribution in [0.15, 0.2) is 48.7 Å². The Morgan fingerprint density at radius 2 is 1.82 bits per heavy atom. The number of ether oxygens (including phenoxy) is 1. The molecule has 8 heteroatoms. The number of fused-ring (bicyclic) bond motifs is 3. The monoisotopic (exact) mass is 469 g/mol. The highest BCUT2D eigenvalue weighted by Crippen LogP contribution is 2.63. The van der Waals surface area contributed by atoms with Gasteiger partial charge in [0, 0.05) is 17.5 Å². The molecule has 2 aromatic carbocycles. The van der Waals surface area contributed by atoms with Gasteiger partial charge in [-0.2, -0.15) is 13.2 Å². The van der Waals surface area contributed by atoms with E-state index in [0.717, 1.165) is 37.2 Å². The molecule has 0 bridgehead atoms. The highest BCUT2D eigenvalue weighted by Gasteiger charge is 2.59. The molecule has 176 valence electrons. The zero-order valence-corrected chi connectivity index (χ0v) is 18.4. The third-order valence-electron chi connectivity index (χ3n) is 7.51. The number of halogens is 4. The van der Waals surface area contributed by atoms with Crippen LogP contribution in [0.5, 0.6) is 5.75 Å². The number of H-pyrrole nitrogens is 1. The zero-order chi connectivity index (χ0) is 23.6. The molecule has 4 nitrogen and oxygen atoms in total. The maximum Gasteiger partial charge on any atom is 0.416 e. The van der Waals surface area contributed by atoms with Crippen LogP contribution >= 0.6 is 0 Å². The summed E-state index contributed by atoms with van der Waals surface area (Å²) in [6.45, 7) is 2.10. The summed E-state index contributed by atoms with van der Waals surface area (Å²) < 4.78 is 59.2. The molecule has 2 aliphatic rings. The lowest BCUT2D eigenvalue weighted by Gasteiger charge is -2.20. The Morgan fingerprint density at radius 3 is 2.56 bits per heavy atom. The lowest BCUT2D eigenvalue weighted by Crippen LogP contribution is -2.18. The van der Waals surface area contributed by atoms with Gasteiger partial charge >= 0.3 is 6.18 Å². The molecule has 4 aromatic rings. The Hall–Kier alpha value is -3.16. The molecule has 6 rings (SSSR count). The standard InChI is InChI=1S/C26H23F4N3O/c1-2-16(25-32-21-5-3-13(26(28,29)30)9-22(21)33-25)24-17-11-15(12-18(17)24)34-23-7-8-31-20-6-4-14(27)10-19(20)23/h3-10,15-18,24H,2,11-12H2,1H3,(H,32,33)/t15?,16?,17-,18+,24?. The lowest BCUT2D eigenvalue weighted by molar-refractivity contribution is -0.137. The molecule has 2 fully saturated rings. The number of benzene rings is 2. The topological polar surface area (TPSA) is 50.8 Å². The molecule has 0 amide bonds. The fourth-order valence-electron chi connectivity index (χ4n) is 5.94. The summed E-state index contributed by atoms with van der Waals surface area (Å²) in [7, 11) is 0. The number of nitrogens with zero attached hydrogens (tertiary/aromatic N) is 2. The van der Waals surface area contributed by atoms with E-state index < -0.39 is 11.7 Å². The van der Waals surface area contributed by atoms with Crippen molar-refractivity contribution in [1.82, 2.24) is 15.0 Å². The fourth-order valence-corrected chi connectivity index (χ4v) is 5.94. The number of hydrogen-bond donors (Lipinski definition) is 1. The Labute approximate surface area is 193 Å². The van der Waals surface area contributed by atoms with Crippen molar-refractivity contribution in [3.05, 3.63) is 65.9 Å². The normalized spacial score (nSPS) is 25.0. The van der Waals surface area contributed by atoms with Crippen molar-refractivity contribution in [3.63, 3.8) is 0 Å². The van der Waals surface area contributed by atoms with Crippen molar-refractivity contribution in [2.24, 2.45) is 17.8 Å². The van der Waals surface area contributed by atoms with E-state index in [-0.39, 0.29) is 17.8 Å². The molecule has 1 N–H and O–H groups in total. The molecule has 0 spiro atoms. The van der Waals surface area contributed by atoms with Gasteiger partial charge in [0.25, 0.3) is 0 Å². The summed E-state index contributed by atoms with van der Waals surface area (Å²) in [5.41, 5.74) is 1.01. The molecule has 5 atom stereocenters. The molecule has 34 heavy (non-hydrogen) atoms. The SMILES string of the molecule is CCC(c1nc2ccc(C(F)(F)F)cc2[nH]1)C1[C@H]2CC(Oc3ccnc4ccc(F)cc34)C[C@@H]12. The highest BCUT2D eigenvalue weighted by molar-refractivity contribution is 5.84. The van der Waals surface area contributed by atoms with Crippen LogP contribution < -0.4 is 4.74 Å². The van der Waals surface area contributed by atoms with Gasteiger partial charge in [0.2, 0.25) is 0 Å². The first-order chi connectivity index (χ1) is 16.3. The van der Waals surface area contributed by atoms with Crippen LogP contribution in [-0.2, 0) is 6.18 Å². The minimum atomic E-state index is -4.38. The van der Waals surface area contributed by atoms with E-state index in [2.05, 4.69) is 21.9 Å². The minimum absolute atomic E-state index is 0.0580. The van der Waals surface area contributed by atoms with Gasteiger partial charge in [-0.3, -0.25) is 4.98 Å². The number of pyridine rings is 1. The van der Waals surface area contributed by atoms with Crippen molar-refractivity contribution >= 4 is 21.9 Å². The number of rotatable bonds is 5. The van der Waals surface area contributed by atoms with Crippen molar-refractivity contribution in [1.29, 1.82) is 0 Å². The maximum atomic E-state index is 13.7. The van der Waals surface area contributed by atoms with E-state index in [4.69, 9.17) is 4.74 Å². The van der Waals surface area contributed by atoms with Gasteiger partial charge in [0.1, 0.15) is 17.4 Å². The van der Waals surface area contributed by atoms with Crippen LogP contribution in [0.4, 0.5) is 17.6 Å². The third kappa shape index (κ3) is 3.60. The molecule has 2 heterocycles. The van der Waals surface area contributed by atoms with Crippen LogP contribution in [0.3, 0.4) is 0 Å². The van der Waals surface area contributed by atoms with E-state index >= 15 is 0 Å². The van der Waals surface area contributed by atoms with E-state index in [1.54, 1.807) is 18.3 Å². The smallest absolute Gasteiger partial charge is 0.416 e. The number of aromatic amines is 1. The predicted molar refractivity (Wildman–Crippen MR) is 120 cm³/mol. The quantitative estimate of drug-likeness (QED) is 0.325. The maximum absolute atomic E-state index is 13.7. The van der Waals surface area contributed by atoms with Crippen molar-refractivity contribution in [2.75, 3.05) is 0 Å². The number of hydrogen-bond acceptors (Lipinski definition) is 3. The number of nitrogens with one attached hydrogen (secondary N) is 1. The largest absolute Gasteiger partial charge is 0.490 e. The molecule has 0 radical (unpaired) electrons. The molecular formula is C26H23F4N3O. The second-order valence-corrected chi connectivity index (χ2v) is 9.45. The molecular weight excluding hydrogens is 446 g/mol. The summed E-state index contributed by atoms with van der Waals surface area (Å²) in [4.78, 5) is 12.1. The van der Waals surface area contributed by atoms with Crippen LogP contribution in [0.2, 0.25) is 0 Å². The van der Waals surface area contributed by atoms with Gasteiger partial charge in [-0.05, 0) is 79.5 Å². The van der Waals surface area contributed by atoms with Gasteiger partial charge in [0.15, 0.2) is 0 Å². The summed E-state index contributed by atoms with van der Waals surface area (Å²) in [6, 6.07) is 9.92. The second kappa shape index (κ2) is 7.68. The van der Waals surface area contributed by atoms with Crippen LogP contribution in [-0.4, -0.2) is 21.1 Å². The van der Waals surface area contributed by atoms with Gasteiger partial charge in [-0.25, -0.2) is 9.37 Å². The Balaban J connectivity index is 1.17. The van der Waals surface area contributed by atoms with Gasteiger partial charge in [-0.1, -0.05) is 6.92 Å². The number of alkyl halides is 3. The Morgan fingerprint density at radius 1 is 1.06 bits per heavy atom. The van der Waals surface area contributed by atoms with Crippen molar-refractivity contribution in [3.8, 4) is 5.75 Å². The lowest BCUT2D eigenvalue weighted by atomic mass is 9.93. The number of aromatic nitrogens is 3. The first-order valence-electron chi connectivity index (χ1n) is 11.6. The molecule has 2 aromatic heterocycles. The van der Waals surface area contributed by atoms with Gasteiger partial charge in [-0.15, -0.1) is 0 Å². The summed E-state index contributed by atoms with van der Waals surface area (Å²) in [5.74, 6) is 2.71. The summed E-state index contributed by atoms with van der Waals surface area (Å²) in [6.07, 6.45) is 0.0315. The molecule has 0 saturated heterocycles. The molecule has 0 aliphatic heterocycles. The predicted octanol–water partition coefficient (Wildman–Crippen LogP) is 6.87. The zero-order valence-electron chi connectivity index (χ0n) is 18.4. The molecule has 2 aliphatic carbocycles. The van der Waals surface area contributed by atoms with Gasteiger partial charge in [0.05, 0.1) is 28.2 Å². The van der Waals surface area contributed by atoms with Crippen molar-refractivity contribution < 1.29 is 22.3 Å². The van der Waals surface area contributed by atoms with E-state index in [0.29, 0.717) is 45.4 Å². The van der Waals surface area contributed by atoms with E-state index in [9.17, 15) is 17.6 Å². The minimum Gasteiger partial charge on any atom is -0.490 e. The first-order valence-corrected chi connectivity index (χ1v) is 11.6. The Kier molecular flexibility index (Phi) is 4.83. The second-order valence-electron chi connectivity index (χ2n) is 9.45. The van der Waals surface area contributed by atoms with Crippen LogP contribution in [0.25, 0.3) is 21.9 Å². The number of imidazole rings is 1. The van der Waals surface area contributed by atoms with E-state index in [1.807, 2.05) is 0 Å². The van der Waals surface area contributed by atoms with Gasteiger partial charge < -0.3 is 9.72 Å². The fraction of sp³-hybridized carbons (Fsp3) is 0.385. The average Bonchev–Trinajstić information content (AvgIpc) is 3.13. The molecule has 2 saturated carbocycles. The van der Waals surface area contributed by atoms with Crippen molar-refractivity contribution in [2.45, 2.75) is 44.4 Å².